The van der Waals surface area contributed by atoms with Gasteiger partial charge in [-0.05, 0) is 66.3 Å². The fourth-order valence-electron chi connectivity index (χ4n) is 3.17. The van der Waals surface area contributed by atoms with Crippen molar-refractivity contribution >= 4 is 0 Å². The van der Waals surface area contributed by atoms with Gasteiger partial charge in [0.25, 0.3) is 0 Å². The summed E-state index contributed by atoms with van der Waals surface area (Å²) in [7, 11) is 0. The molecule has 3 aromatic rings. The first-order valence-electron chi connectivity index (χ1n) is 9.64. The Morgan fingerprint density at radius 2 is 1.90 bits per heavy atom. The summed E-state index contributed by atoms with van der Waals surface area (Å²) in [5.41, 5.74) is 2.73. The van der Waals surface area contributed by atoms with Crippen LogP contribution >= 0.6 is 0 Å². The molecule has 5 heteroatoms. The van der Waals surface area contributed by atoms with Crippen molar-refractivity contribution in [2.24, 2.45) is 0 Å². The average molecular weight is 390 g/mol. The Bertz CT molecular complexity index is 968. The van der Waals surface area contributed by atoms with Crippen LogP contribution in [0.2, 0.25) is 0 Å². The molecule has 0 aliphatic rings. The Hall–Kier alpha value is -3.23. The van der Waals surface area contributed by atoms with Gasteiger partial charge in [-0.15, -0.1) is 0 Å². The van der Waals surface area contributed by atoms with Crippen LogP contribution in [0.1, 0.15) is 30.9 Å². The number of rotatable bonds is 8. The minimum Gasteiger partial charge on any atom is -0.488 e. The summed E-state index contributed by atoms with van der Waals surface area (Å²) < 4.78 is 19.5. The SMILES string of the molecule is CC[C@H](Oc1ccc(-c2ccc(F)c(C#N)c2)cc1)[C@H](O)CCc1cccnc1. The first-order valence-corrected chi connectivity index (χ1v) is 9.64. The van der Waals surface area contributed by atoms with Crippen molar-refractivity contribution in [3.05, 3.63) is 83.9 Å². The first kappa shape index (κ1) is 20.5. The number of nitrogens with zero attached hydrogens (tertiary/aromatic N) is 2. The number of aliphatic hydroxyl groups is 1. The van der Waals surface area contributed by atoms with Crippen LogP contribution in [0.5, 0.6) is 5.75 Å². The van der Waals surface area contributed by atoms with Crippen LogP contribution in [0, 0.1) is 17.1 Å². The van der Waals surface area contributed by atoms with E-state index in [-0.39, 0.29) is 11.7 Å². The first-order chi connectivity index (χ1) is 14.1. The van der Waals surface area contributed by atoms with E-state index in [4.69, 9.17) is 10.00 Å². The van der Waals surface area contributed by atoms with E-state index in [0.717, 1.165) is 23.1 Å². The van der Waals surface area contributed by atoms with Gasteiger partial charge in [-0.3, -0.25) is 4.98 Å². The van der Waals surface area contributed by atoms with Crippen LogP contribution in [0.15, 0.2) is 67.0 Å². The van der Waals surface area contributed by atoms with Gasteiger partial charge in [-0.1, -0.05) is 31.2 Å². The number of aliphatic hydroxyl groups excluding tert-OH is 1. The Morgan fingerprint density at radius 1 is 1.14 bits per heavy atom. The van der Waals surface area contributed by atoms with Gasteiger partial charge in [0.1, 0.15) is 23.7 Å². The van der Waals surface area contributed by atoms with Gasteiger partial charge in [0.2, 0.25) is 0 Å². The van der Waals surface area contributed by atoms with Crippen molar-refractivity contribution in [3.8, 4) is 22.9 Å². The number of hydrogen-bond donors (Lipinski definition) is 1. The lowest BCUT2D eigenvalue weighted by Gasteiger charge is -2.23. The molecule has 0 saturated heterocycles. The standard InChI is InChI=1S/C24H23FN2O2/c1-2-24(23(28)12-5-17-4-3-13-27-16-17)29-21-9-6-18(7-10-21)19-8-11-22(25)20(14-19)15-26/h3-4,6-11,13-14,16,23-24,28H,2,5,12H2,1H3/t23-,24+/m1/s1. The second kappa shape index (κ2) is 9.81. The van der Waals surface area contributed by atoms with Gasteiger partial charge in [0.05, 0.1) is 11.7 Å². The van der Waals surface area contributed by atoms with E-state index >= 15 is 0 Å². The molecular formula is C24H23FN2O2. The molecule has 0 bridgehead atoms. The number of aromatic nitrogens is 1. The van der Waals surface area contributed by atoms with Gasteiger partial charge in [0.15, 0.2) is 0 Å². The van der Waals surface area contributed by atoms with E-state index < -0.39 is 11.9 Å². The maximum absolute atomic E-state index is 13.5. The van der Waals surface area contributed by atoms with Gasteiger partial charge in [-0.2, -0.15) is 5.26 Å². The summed E-state index contributed by atoms with van der Waals surface area (Å²) in [6.45, 7) is 1.98. The maximum atomic E-state index is 13.5. The van der Waals surface area contributed by atoms with Crippen molar-refractivity contribution in [1.29, 1.82) is 5.26 Å². The lowest BCUT2D eigenvalue weighted by molar-refractivity contribution is 0.0291. The molecule has 4 nitrogen and oxygen atoms in total. The number of ether oxygens (including phenoxy) is 1. The largest absolute Gasteiger partial charge is 0.488 e. The number of benzene rings is 2. The Balaban J connectivity index is 1.63. The van der Waals surface area contributed by atoms with Crippen LogP contribution in [0.25, 0.3) is 11.1 Å². The zero-order chi connectivity index (χ0) is 20.6. The molecule has 2 atom stereocenters. The molecule has 148 valence electrons. The predicted octanol–water partition coefficient (Wildman–Crippen LogP) is 4.91. The number of pyridine rings is 1. The van der Waals surface area contributed by atoms with Crippen molar-refractivity contribution in [3.63, 3.8) is 0 Å². The molecule has 0 unspecified atom stereocenters. The fourth-order valence-corrected chi connectivity index (χ4v) is 3.17. The lowest BCUT2D eigenvalue weighted by Crippen LogP contribution is -2.31. The second-order valence-electron chi connectivity index (χ2n) is 6.86. The van der Waals surface area contributed by atoms with Gasteiger partial charge in [-0.25, -0.2) is 4.39 Å². The van der Waals surface area contributed by atoms with Crippen molar-refractivity contribution in [2.45, 2.75) is 38.4 Å². The van der Waals surface area contributed by atoms with Crippen LogP contribution in [0.4, 0.5) is 4.39 Å². The summed E-state index contributed by atoms with van der Waals surface area (Å²) in [5, 5.41) is 19.5. The molecule has 0 fully saturated rings. The quantitative estimate of drug-likeness (QED) is 0.593. The van der Waals surface area contributed by atoms with Crippen molar-refractivity contribution < 1.29 is 14.2 Å². The molecule has 1 N–H and O–H groups in total. The Kier molecular flexibility index (Phi) is 6.94. The summed E-state index contributed by atoms with van der Waals surface area (Å²) >= 11 is 0. The highest BCUT2D eigenvalue weighted by Crippen LogP contribution is 2.25. The number of halogens is 1. The van der Waals surface area contributed by atoms with Crippen LogP contribution < -0.4 is 4.74 Å². The third kappa shape index (κ3) is 5.40. The molecular weight excluding hydrogens is 367 g/mol. The topological polar surface area (TPSA) is 66.1 Å². The lowest BCUT2D eigenvalue weighted by atomic mass is 10.0. The average Bonchev–Trinajstić information content (AvgIpc) is 2.77. The molecule has 0 spiro atoms. The highest BCUT2D eigenvalue weighted by Gasteiger charge is 2.19. The minimum atomic E-state index is -0.588. The normalized spacial score (nSPS) is 12.8. The third-order valence-electron chi connectivity index (χ3n) is 4.85. The van der Waals surface area contributed by atoms with E-state index in [1.54, 1.807) is 18.5 Å². The Morgan fingerprint density at radius 3 is 2.55 bits per heavy atom. The molecule has 0 saturated carbocycles. The molecule has 0 amide bonds. The van der Waals surface area contributed by atoms with Crippen molar-refractivity contribution in [1.82, 2.24) is 4.98 Å². The molecule has 29 heavy (non-hydrogen) atoms. The minimum absolute atomic E-state index is 0.0191. The van der Waals surface area contributed by atoms with Crippen LogP contribution in [0.3, 0.4) is 0 Å². The molecule has 2 aromatic carbocycles. The molecule has 3 rings (SSSR count). The van der Waals surface area contributed by atoms with Gasteiger partial charge in [0, 0.05) is 12.4 Å². The Labute approximate surface area is 170 Å². The van der Waals surface area contributed by atoms with E-state index in [0.29, 0.717) is 18.6 Å². The van der Waals surface area contributed by atoms with E-state index in [2.05, 4.69) is 4.98 Å². The summed E-state index contributed by atoms with van der Waals surface area (Å²) in [5.74, 6) is 0.130. The summed E-state index contributed by atoms with van der Waals surface area (Å²) in [6, 6.07) is 17.6. The van der Waals surface area contributed by atoms with Gasteiger partial charge < -0.3 is 9.84 Å². The second-order valence-corrected chi connectivity index (χ2v) is 6.86. The summed E-state index contributed by atoms with van der Waals surface area (Å²) in [4.78, 5) is 4.09. The summed E-state index contributed by atoms with van der Waals surface area (Å²) in [6.07, 6.45) is 4.65. The van der Waals surface area contributed by atoms with Crippen molar-refractivity contribution in [2.75, 3.05) is 0 Å². The maximum Gasteiger partial charge on any atom is 0.140 e. The number of hydrogen-bond acceptors (Lipinski definition) is 4. The van der Waals surface area contributed by atoms with Crippen LogP contribution in [-0.2, 0) is 6.42 Å². The highest BCUT2D eigenvalue weighted by atomic mass is 19.1. The fraction of sp³-hybridized carbons (Fsp3) is 0.250. The zero-order valence-corrected chi connectivity index (χ0v) is 16.3. The molecule has 0 aliphatic heterocycles. The molecule has 0 aliphatic carbocycles. The van der Waals surface area contributed by atoms with E-state index in [1.807, 2.05) is 49.4 Å². The number of aryl methyl sites for hydroxylation is 1. The van der Waals surface area contributed by atoms with E-state index in [1.165, 1.54) is 12.1 Å². The smallest absolute Gasteiger partial charge is 0.140 e. The van der Waals surface area contributed by atoms with Gasteiger partial charge >= 0.3 is 0 Å². The molecule has 1 aromatic heterocycles. The molecule has 0 radical (unpaired) electrons. The highest BCUT2D eigenvalue weighted by molar-refractivity contribution is 5.66. The zero-order valence-electron chi connectivity index (χ0n) is 16.3. The molecule has 1 heterocycles. The van der Waals surface area contributed by atoms with E-state index in [9.17, 15) is 9.50 Å². The monoisotopic (exact) mass is 390 g/mol. The van der Waals surface area contributed by atoms with Crippen LogP contribution in [-0.4, -0.2) is 22.3 Å². The third-order valence-corrected chi connectivity index (χ3v) is 4.85. The predicted molar refractivity (Wildman–Crippen MR) is 110 cm³/mol. The number of nitriles is 1.